The summed E-state index contributed by atoms with van der Waals surface area (Å²) in [6.45, 7) is 6.42. The fourth-order valence-electron chi connectivity index (χ4n) is 5.52. The summed E-state index contributed by atoms with van der Waals surface area (Å²) in [5.74, 6) is -1.29. The molecule has 0 saturated carbocycles. The molecule has 8 heteroatoms. The smallest absolute Gasteiger partial charge is 0.244 e. The van der Waals surface area contributed by atoms with Crippen LogP contribution in [0.1, 0.15) is 52.9 Å². The van der Waals surface area contributed by atoms with E-state index in [1.807, 2.05) is 13.8 Å². The molecule has 0 aliphatic carbocycles. The van der Waals surface area contributed by atoms with Crippen molar-refractivity contribution in [3.8, 4) is 0 Å². The fraction of sp³-hybridized carbons (Fsp3) is 0.857. The number of aliphatic hydroxyl groups is 1. The summed E-state index contributed by atoms with van der Waals surface area (Å²) in [6, 6.07) is -1.07. The van der Waals surface area contributed by atoms with Crippen LogP contribution < -0.4 is 10.6 Å². The largest absolute Gasteiger partial charge is 0.394 e. The number of aliphatic hydroxyl groups excluding tert-OH is 1. The summed E-state index contributed by atoms with van der Waals surface area (Å²) < 4.78 is -0.573. The van der Waals surface area contributed by atoms with Gasteiger partial charge in [0.2, 0.25) is 17.7 Å². The normalized spacial score (nSPS) is 33.9. The summed E-state index contributed by atoms with van der Waals surface area (Å²) in [5, 5.41) is 15.9. The molecule has 6 atom stereocenters. The first kappa shape index (κ1) is 22.4. The van der Waals surface area contributed by atoms with Crippen LogP contribution in [0.4, 0.5) is 0 Å². The van der Waals surface area contributed by atoms with Gasteiger partial charge in [-0.2, -0.15) is 0 Å². The van der Waals surface area contributed by atoms with Crippen molar-refractivity contribution in [2.24, 2.45) is 17.8 Å². The topological polar surface area (TPSA) is 98.7 Å². The summed E-state index contributed by atoms with van der Waals surface area (Å²) in [7, 11) is 1.60. The van der Waals surface area contributed by atoms with Gasteiger partial charge < -0.3 is 20.6 Å². The summed E-state index contributed by atoms with van der Waals surface area (Å²) in [6.07, 6.45) is 4.62. The molecule has 1 spiro atoms. The van der Waals surface area contributed by atoms with Crippen LogP contribution in [0.5, 0.6) is 0 Å². The van der Waals surface area contributed by atoms with E-state index in [1.54, 1.807) is 23.7 Å². The third kappa shape index (κ3) is 3.56. The van der Waals surface area contributed by atoms with Crippen molar-refractivity contribution in [2.45, 2.75) is 75.0 Å². The molecule has 3 N–H and O–H groups in total. The van der Waals surface area contributed by atoms with E-state index in [2.05, 4.69) is 17.6 Å². The van der Waals surface area contributed by atoms with Crippen LogP contribution in [0, 0.1) is 17.8 Å². The lowest BCUT2D eigenvalue weighted by atomic mass is 9.71. The van der Waals surface area contributed by atoms with E-state index in [0.29, 0.717) is 6.54 Å². The first-order valence-electron chi connectivity index (χ1n) is 10.9. The molecule has 7 nitrogen and oxygen atoms in total. The van der Waals surface area contributed by atoms with Crippen molar-refractivity contribution in [3.63, 3.8) is 0 Å². The van der Waals surface area contributed by atoms with Crippen LogP contribution in [-0.4, -0.2) is 70.0 Å². The summed E-state index contributed by atoms with van der Waals surface area (Å²) in [4.78, 5) is 41.3. The second-order valence-electron chi connectivity index (χ2n) is 8.91. The third-order valence-corrected chi connectivity index (χ3v) is 8.88. The number of thioether (sulfide) groups is 1. The summed E-state index contributed by atoms with van der Waals surface area (Å²) >= 11 is 1.66. The van der Waals surface area contributed by atoms with Crippen LogP contribution >= 0.6 is 11.8 Å². The van der Waals surface area contributed by atoms with Crippen LogP contribution in [0.2, 0.25) is 0 Å². The minimum absolute atomic E-state index is 0.00946. The Bertz CT molecular complexity index is 658. The number of carbonyl (C=O) groups excluding carboxylic acids is 3. The Kier molecular flexibility index (Phi) is 6.83. The molecule has 0 aromatic carbocycles. The van der Waals surface area contributed by atoms with E-state index >= 15 is 0 Å². The summed E-state index contributed by atoms with van der Waals surface area (Å²) in [5.41, 5.74) is 0. The number of likely N-dealkylation sites (tertiary alicyclic amines) is 1. The fourth-order valence-corrected chi connectivity index (χ4v) is 7.72. The highest BCUT2D eigenvalue weighted by Gasteiger charge is 2.74. The zero-order valence-corrected chi connectivity index (χ0v) is 18.8. The number of rotatable bonds is 9. The molecule has 0 radical (unpaired) electrons. The molecule has 3 amide bonds. The Morgan fingerprint density at radius 2 is 2.03 bits per heavy atom. The van der Waals surface area contributed by atoms with Gasteiger partial charge in [0.15, 0.2) is 0 Å². The number of nitrogens with zero attached hydrogens (tertiary/aromatic N) is 1. The average molecular weight is 426 g/mol. The number of nitrogens with one attached hydrogen (secondary N) is 2. The van der Waals surface area contributed by atoms with Gasteiger partial charge in [-0.1, -0.05) is 33.6 Å². The molecule has 164 valence electrons. The van der Waals surface area contributed by atoms with E-state index in [9.17, 15) is 19.5 Å². The zero-order valence-electron chi connectivity index (χ0n) is 17.9. The van der Waals surface area contributed by atoms with E-state index in [-0.39, 0.29) is 35.5 Å². The van der Waals surface area contributed by atoms with Gasteiger partial charge in [0.25, 0.3) is 0 Å². The van der Waals surface area contributed by atoms with Gasteiger partial charge in [-0.3, -0.25) is 14.4 Å². The average Bonchev–Trinajstić information content (AvgIpc) is 3.33. The van der Waals surface area contributed by atoms with Gasteiger partial charge in [-0.25, -0.2) is 0 Å². The molecule has 3 saturated heterocycles. The maximum absolute atomic E-state index is 13.6. The third-order valence-electron chi connectivity index (χ3n) is 6.93. The zero-order chi connectivity index (χ0) is 21.3. The van der Waals surface area contributed by atoms with Crippen molar-refractivity contribution in [2.75, 3.05) is 20.2 Å². The number of hydrogen-bond acceptors (Lipinski definition) is 5. The number of unbranched alkanes of at least 4 members (excludes halogenated alkanes) is 2. The van der Waals surface area contributed by atoms with Crippen molar-refractivity contribution in [1.82, 2.24) is 15.5 Å². The van der Waals surface area contributed by atoms with E-state index < -0.39 is 28.7 Å². The van der Waals surface area contributed by atoms with Crippen molar-refractivity contribution in [1.29, 1.82) is 0 Å². The van der Waals surface area contributed by atoms with E-state index in [1.165, 1.54) is 0 Å². The second-order valence-corrected chi connectivity index (χ2v) is 10.5. The molecule has 3 aliphatic heterocycles. The minimum Gasteiger partial charge on any atom is -0.394 e. The molecule has 3 rings (SSSR count). The quantitative estimate of drug-likeness (QED) is 0.481. The predicted octanol–water partition coefficient (Wildman–Crippen LogP) is 1.15. The van der Waals surface area contributed by atoms with Gasteiger partial charge >= 0.3 is 0 Å². The molecule has 2 bridgehead atoms. The number of fused-ring (bicyclic) bond motifs is 1. The maximum atomic E-state index is 13.6. The lowest BCUT2D eigenvalue weighted by Crippen LogP contribution is -2.57. The highest BCUT2D eigenvalue weighted by molar-refractivity contribution is 8.02. The molecule has 3 heterocycles. The van der Waals surface area contributed by atoms with Gasteiger partial charge in [0.05, 0.1) is 29.2 Å². The minimum atomic E-state index is -0.633. The lowest BCUT2D eigenvalue weighted by Gasteiger charge is -2.38. The number of hydrogen-bond donors (Lipinski definition) is 3. The first-order chi connectivity index (χ1) is 13.8. The van der Waals surface area contributed by atoms with Gasteiger partial charge in [-0.15, -0.1) is 11.8 Å². The SMILES string of the molecule is CCCCCNC(=O)C1N([C@@H](CO)C(C)C)C(=O)[C@@H]2[C@@H](C(=O)NC)[C@H]3CCC12S3. The first-order valence-corrected chi connectivity index (χ1v) is 11.8. The van der Waals surface area contributed by atoms with Gasteiger partial charge in [0.1, 0.15) is 6.04 Å². The molecule has 29 heavy (non-hydrogen) atoms. The number of carbonyl (C=O) groups is 3. The lowest BCUT2D eigenvalue weighted by molar-refractivity contribution is -0.143. The second kappa shape index (κ2) is 8.84. The van der Waals surface area contributed by atoms with Crippen LogP contribution in [-0.2, 0) is 14.4 Å². The molecule has 0 aromatic heterocycles. The molecule has 0 aromatic rings. The Labute approximate surface area is 177 Å². The standard InChI is InChI=1S/C21H35N3O4S/c1-5-6-7-10-23-19(27)17-21-9-8-14(29-21)15(18(26)22-4)16(21)20(28)24(17)13(11-25)12(2)3/h12-17,25H,5-11H2,1-4H3,(H,22,26)(H,23,27)/t13-,14+,15-,16-,17?,21?/m0/s1. The van der Waals surface area contributed by atoms with E-state index in [4.69, 9.17) is 0 Å². The van der Waals surface area contributed by atoms with E-state index in [0.717, 1.165) is 32.1 Å². The maximum Gasteiger partial charge on any atom is 0.244 e. The Balaban J connectivity index is 1.96. The Morgan fingerprint density at radius 3 is 2.62 bits per heavy atom. The number of amides is 3. The molecular formula is C21H35N3O4S. The van der Waals surface area contributed by atoms with Crippen molar-refractivity contribution < 1.29 is 19.5 Å². The van der Waals surface area contributed by atoms with Crippen LogP contribution in [0.3, 0.4) is 0 Å². The Hall–Kier alpha value is -1.28. The van der Waals surface area contributed by atoms with Crippen molar-refractivity contribution in [3.05, 3.63) is 0 Å². The highest BCUT2D eigenvalue weighted by Crippen LogP contribution is 2.66. The van der Waals surface area contributed by atoms with Gasteiger partial charge in [-0.05, 0) is 25.2 Å². The van der Waals surface area contributed by atoms with Crippen LogP contribution in [0.25, 0.3) is 0 Å². The molecule has 2 unspecified atom stereocenters. The Morgan fingerprint density at radius 1 is 1.31 bits per heavy atom. The molecular weight excluding hydrogens is 390 g/mol. The molecule has 3 fully saturated rings. The van der Waals surface area contributed by atoms with Crippen molar-refractivity contribution >= 4 is 29.5 Å². The van der Waals surface area contributed by atoms with Crippen LogP contribution in [0.15, 0.2) is 0 Å². The predicted molar refractivity (Wildman–Crippen MR) is 113 cm³/mol. The highest BCUT2D eigenvalue weighted by atomic mass is 32.2. The molecule has 3 aliphatic rings. The monoisotopic (exact) mass is 425 g/mol. The van der Waals surface area contributed by atoms with Gasteiger partial charge in [0, 0.05) is 18.8 Å².